The second-order valence-electron chi connectivity index (χ2n) is 8.78. The van der Waals surface area contributed by atoms with Crippen molar-refractivity contribution in [1.82, 2.24) is 9.78 Å². The number of nitrogens with one attached hydrogen (secondary N) is 1. The van der Waals surface area contributed by atoms with Gasteiger partial charge >= 0.3 is 5.97 Å². The summed E-state index contributed by atoms with van der Waals surface area (Å²) in [6.07, 6.45) is 3.22. The van der Waals surface area contributed by atoms with Crippen LogP contribution in [0.1, 0.15) is 63.1 Å². The average molecular weight is 488 g/mol. The first-order chi connectivity index (χ1) is 17.3. The smallest absolute Gasteiger partial charge is 0.338 e. The maximum absolute atomic E-state index is 12.7. The first kappa shape index (κ1) is 24.8. The molecule has 2 aromatic heterocycles. The van der Waals surface area contributed by atoms with Crippen LogP contribution in [0.2, 0.25) is 0 Å². The van der Waals surface area contributed by atoms with Crippen molar-refractivity contribution < 1.29 is 23.5 Å². The molecule has 0 bridgehead atoms. The number of aryl methyl sites for hydroxylation is 1. The first-order valence-corrected chi connectivity index (χ1v) is 11.7. The standard InChI is InChI=1S/C28H29N3O5/c1-18(2)23-11-9-19(3)13-26(23)35-17-22-10-12-25(36-22)27(32)30-21-14-29-31(16-21)15-20-7-5-6-8-24(20)28(33)34-4/h5-14,16,18H,15,17H2,1-4H3,(H,30,32). The molecule has 0 aliphatic carbocycles. The molecule has 1 N–H and O–H groups in total. The van der Waals surface area contributed by atoms with E-state index in [0.29, 0.717) is 29.5 Å². The zero-order chi connectivity index (χ0) is 25.7. The second-order valence-corrected chi connectivity index (χ2v) is 8.78. The lowest BCUT2D eigenvalue weighted by Gasteiger charge is -2.14. The minimum atomic E-state index is -0.410. The molecule has 0 radical (unpaired) electrons. The molecule has 2 aromatic carbocycles. The number of amides is 1. The highest BCUT2D eigenvalue weighted by molar-refractivity contribution is 6.02. The molecule has 4 rings (SSSR count). The van der Waals surface area contributed by atoms with E-state index in [2.05, 4.69) is 36.4 Å². The number of benzene rings is 2. The Morgan fingerprint density at radius 1 is 1.11 bits per heavy atom. The summed E-state index contributed by atoms with van der Waals surface area (Å²) >= 11 is 0. The zero-order valence-corrected chi connectivity index (χ0v) is 20.8. The Labute approximate surface area is 209 Å². The Balaban J connectivity index is 1.38. The molecular formula is C28H29N3O5. The van der Waals surface area contributed by atoms with E-state index in [4.69, 9.17) is 13.9 Å². The number of rotatable bonds is 9. The summed E-state index contributed by atoms with van der Waals surface area (Å²) < 4.78 is 18.2. The largest absolute Gasteiger partial charge is 0.485 e. The van der Waals surface area contributed by atoms with Gasteiger partial charge in [-0.3, -0.25) is 9.48 Å². The molecule has 1 amide bonds. The number of nitrogens with zero attached hydrogens (tertiary/aromatic N) is 2. The Hall–Kier alpha value is -4.33. The summed E-state index contributed by atoms with van der Waals surface area (Å²) in [4.78, 5) is 24.7. The number of furan rings is 1. The van der Waals surface area contributed by atoms with Crippen LogP contribution in [-0.4, -0.2) is 28.8 Å². The van der Waals surface area contributed by atoms with Crippen LogP contribution in [0.15, 0.2) is 71.4 Å². The molecule has 0 spiro atoms. The summed E-state index contributed by atoms with van der Waals surface area (Å²) in [5.41, 5.74) is 3.97. The molecule has 0 aliphatic heterocycles. The number of methoxy groups -OCH3 is 1. The van der Waals surface area contributed by atoms with Gasteiger partial charge in [-0.05, 0) is 53.8 Å². The number of ether oxygens (including phenoxy) is 2. The molecule has 0 saturated carbocycles. The van der Waals surface area contributed by atoms with Crippen molar-refractivity contribution in [3.05, 3.63) is 101 Å². The monoisotopic (exact) mass is 487 g/mol. The maximum Gasteiger partial charge on any atom is 0.338 e. The molecule has 186 valence electrons. The molecular weight excluding hydrogens is 458 g/mol. The first-order valence-electron chi connectivity index (χ1n) is 11.7. The fourth-order valence-electron chi connectivity index (χ4n) is 3.82. The van der Waals surface area contributed by atoms with Crippen LogP contribution in [-0.2, 0) is 17.9 Å². The maximum atomic E-state index is 12.7. The van der Waals surface area contributed by atoms with Gasteiger partial charge in [0.1, 0.15) is 18.1 Å². The van der Waals surface area contributed by atoms with Crippen LogP contribution >= 0.6 is 0 Å². The molecule has 36 heavy (non-hydrogen) atoms. The number of hydrogen-bond donors (Lipinski definition) is 1. The Kier molecular flexibility index (Phi) is 7.53. The lowest BCUT2D eigenvalue weighted by molar-refractivity contribution is 0.0599. The van der Waals surface area contributed by atoms with Crippen LogP contribution in [0.5, 0.6) is 5.75 Å². The minimum absolute atomic E-state index is 0.172. The number of aromatic nitrogens is 2. The number of anilines is 1. The Morgan fingerprint density at radius 3 is 2.69 bits per heavy atom. The van der Waals surface area contributed by atoms with Crippen molar-refractivity contribution in [3.8, 4) is 5.75 Å². The SMILES string of the molecule is COC(=O)c1ccccc1Cn1cc(NC(=O)c2ccc(COc3cc(C)ccc3C(C)C)o2)cn1. The van der Waals surface area contributed by atoms with Gasteiger partial charge in [0.25, 0.3) is 5.91 Å². The van der Waals surface area contributed by atoms with Crippen LogP contribution in [0.3, 0.4) is 0 Å². The van der Waals surface area contributed by atoms with Crippen LogP contribution < -0.4 is 10.1 Å². The molecule has 8 heteroatoms. The van der Waals surface area contributed by atoms with Gasteiger partial charge in [-0.1, -0.05) is 44.2 Å². The lowest BCUT2D eigenvalue weighted by Crippen LogP contribution is -2.11. The quantitative estimate of drug-likeness (QED) is 0.310. The topological polar surface area (TPSA) is 95.6 Å². The van der Waals surface area contributed by atoms with E-state index in [9.17, 15) is 9.59 Å². The number of hydrogen-bond acceptors (Lipinski definition) is 6. The predicted octanol–water partition coefficient (Wildman–Crippen LogP) is 5.57. The predicted molar refractivity (Wildman–Crippen MR) is 135 cm³/mol. The molecule has 0 unspecified atom stereocenters. The number of carbonyl (C=O) groups is 2. The van der Waals surface area contributed by atoms with E-state index in [1.54, 1.807) is 35.1 Å². The molecule has 8 nitrogen and oxygen atoms in total. The summed E-state index contributed by atoms with van der Waals surface area (Å²) in [6.45, 7) is 6.82. The average Bonchev–Trinajstić information content (AvgIpc) is 3.52. The molecule has 0 aliphatic rings. The van der Waals surface area contributed by atoms with E-state index in [1.165, 1.54) is 13.3 Å². The van der Waals surface area contributed by atoms with Crippen molar-refractivity contribution in [2.24, 2.45) is 0 Å². The van der Waals surface area contributed by atoms with Gasteiger partial charge < -0.3 is 19.2 Å². The van der Waals surface area contributed by atoms with Gasteiger partial charge in [0.15, 0.2) is 5.76 Å². The van der Waals surface area contributed by atoms with Gasteiger partial charge in [-0.25, -0.2) is 4.79 Å². The number of carbonyl (C=O) groups excluding carboxylic acids is 2. The lowest BCUT2D eigenvalue weighted by atomic mass is 10.0. The highest BCUT2D eigenvalue weighted by Gasteiger charge is 2.15. The van der Waals surface area contributed by atoms with Gasteiger partial charge in [0.05, 0.1) is 31.1 Å². The van der Waals surface area contributed by atoms with Crippen LogP contribution in [0, 0.1) is 6.92 Å². The highest BCUT2D eigenvalue weighted by Crippen LogP contribution is 2.28. The molecule has 2 heterocycles. The van der Waals surface area contributed by atoms with E-state index in [1.807, 2.05) is 25.1 Å². The van der Waals surface area contributed by atoms with Gasteiger partial charge in [-0.2, -0.15) is 5.10 Å². The summed E-state index contributed by atoms with van der Waals surface area (Å²) in [7, 11) is 1.35. The zero-order valence-electron chi connectivity index (χ0n) is 20.8. The molecule has 0 saturated heterocycles. The Bertz CT molecular complexity index is 1370. The van der Waals surface area contributed by atoms with Crippen molar-refractivity contribution in [2.75, 3.05) is 12.4 Å². The van der Waals surface area contributed by atoms with Crippen LogP contribution in [0.4, 0.5) is 5.69 Å². The molecule has 0 fully saturated rings. The summed E-state index contributed by atoms with van der Waals surface area (Å²) in [5.74, 6) is 1.06. The van der Waals surface area contributed by atoms with Crippen molar-refractivity contribution in [1.29, 1.82) is 0 Å². The minimum Gasteiger partial charge on any atom is -0.485 e. The van der Waals surface area contributed by atoms with Gasteiger partial charge in [-0.15, -0.1) is 0 Å². The molecule has 4 aromatic rings. The van der Waals surface area contributed by atoms with Gasteiger partial charge in [0.2, 0.25) is 0 Å². The molecule has 0 atom stereocenters. The van der Waals surface area contributed by atoms with Gasteiger partial charge in [0, 0.05) is 6.20 Å². The van der Waals surface area contributed by atoms with E-state index in [0.717, 1.165) is 22.4 Å². The Morgan fingerprint density at radius 2 is 1.92 bits per heavy atom. The van der Waals surface area contributed by atoms with Crippen molar-refractivity contribution in [2.45, 2.75) is 39.8 Å². The summed E-state index contributed by atoms with van der Waals surface area (Å²) in [6, 6.07) is 16.6. The normalized spacial score (nSPS) is 10.9. The highest BCUT2D eigenvalue weighted by atomic mass is 16.5. The van der Waals surface area contributed by atoms with E-state index >= 15 is 0 Å². The fraction of sp³-hybridized carbons (Fsp3) is 0.250. The van der Waals surface area contributed by atoms with Crippen LogP contribution in [0.25, 0.3) is 0 Å². The number of esters is 1. The third-order valence-corrected chi connectivity index (χ3v) is 5.69. The van der Waals surface area contributed by atoms with Crippen molar-refractivity contribution in [3.63, 3.8) is 0 Å². The van der Waals surface area contributed by atoms with Crippen molar-refractivity contribution >= 4 is 17.6 Å². The third-order valence-electron chi connectivity index (χ3n) is 5.69. The fourth-order valence-corrected chi connectivity index (χ4v) is 3.82. The van der Waals surface area contributed by atoms with E-state index in [-0.39, 0.29) is 12.4 Å². The third kappa shape index (κ3) is 5.83. The second kappa shape index (κ2) is 10.9. The summed E-state index contributed by atoms with van der Waals surface area (Å²) in [5, 5.41) is 7.06. The van der Waals surface area contributed by atoms with E-state index < -0.39 is 11.9 Å².